The van der Waals surface area contributed by atoms with Crippen LogP contribution in [0.3, 0.4) is 0 Å². The van der Waals surface area contributed by atoms with Crippen LogP contribution in [0.2, 0.25) is 0 Å². The fourth-order valence-electron chi connectivity index (χ4n) is 1.91. The number of para-hydroxylation sites is 1. The van der Waals surface area contributed by atoms with Crippen molar-refractivity contribution in [2.75, 3.05) is 20.3 Å². The first kappa shape index (κ1) is 13.8. The Labute approximate surface area is 117 Å². The SMILES string of the molecule is COCCNC(=O)c1c(C#N)ccn1-c1ccccc1. The standard InChI is InChI=1S/C15H15N3O2/c1-20-10-8-17-15(19)14-12(11-16)7-9-18(14)13-5-3-2-4-6-13/h2-7,9H,8,10H2,1H3,(H,17,19). The lowest BCUT2D eigenvalue weighted by molar-refractivity contribution is 0.0930. The fourth-order valence-corrected chi connectivity index (χ4v) is 1.91. The Morgan fingerprint density at radius 2 is 2.10 bits per heavy atom. The van der Waals surface area contributed by atoms with Crippen LogP contribution < -0.4 is 5.32 Å². The van der Waals surface area contributed by atoms with Crippen molar-refractivity contribution in [1.29, 1.82) is 5.26 Å². The van der Waals surface area contributed by atoms with Crippen molar-refractivity contribution in [2.24, 2.45) is 0 Å². The summed E-state index contributed by atoms with van der Waals surface area (Å²) < 4.78 is 6.60. The van der Waals surface area contributed by atoms with Crippen molar-refractivity contribution in [1.82, 2.24) is 9.88 Å². The number of hydrogen-bond donors (Lipinski definition) is 1. The highest BCUT2D eigenvalue weighted by atomic mass is 16.5. The Balaban J connectivity index is 2.33. The number of nitrogens with one attached hydrogen (secondary N) is 1. The van der Waals surface area contributed by atoms with E-state index in [-0.39, 0.29) is 5.91 Å². The van der Waals surface area contributed by atoms with Gasteiger partial charge >= 0.3 is 0 Å². The lowest BCUT2D eigenvalue weighted by Gasteiger charge is -2.10. The minimum atomic E-state index is -0.285. The van der Waals surface area contributed by atoms with Gasteiger partial charge in [-0.25, -0.2) is 0 Å². The number of hydrogen-bond acceptors (Lipinski definition) is 3. The van der Waals surface area contributed by atoms with Crippen molar-refractivity contribution in [3.63, 3.8) is 0 Å². The number of nitriles is 1. The molecule has 0 atom stereocenters. The molecule has 0 bridgehead atoms. The summed E-state index contributed by atoms with van der Waals surface area (Å²) in [5.74, 6) is -0.285. The van der Waals surface area contributed by atoms with Crippen molar-refractivity contribution < 1.29 is 9.53 Å². The second-order valence-electron chi connectivity index (χ2n) is 4.14. The molecule has 2 aromatic rings. The topological polar surface area (TPSA) is 67.0 Å². The third kappa shape index (κ3) is 2.87. The molecule has 0 unspecified atom stereocenters. The Kier molecular flexibility index (Phi) is 4.53. The molecule has 102 valence electrons. The highest BCUT2D eigenvalue weighted by Crippen LogP contribution is 2.16. The zero-order chi connectivity index (χ0) is 14.4. The Hall–Kier alpha value is -2.58. The molecule has 0 saturated heterocycles. The zero-order valence-corrected chi connectivity index (χ0v) is 11.2. The van der Waals surface area contributed by atoms with E-state index in [0.29, 0.717) is 24.4 Å². The van der Waals surface area contributed by atoms with E-state index in [1.165, 1.54) is 0 Å². The quantitative estimate of drug-likeness (QED) is 0.840. The molecular weight excluding hydrogens is 254 g/mol. The number of methoxy groups -OCH3 is 1. The molecule has 0 radical (unpaired) electrons. The van der Waals surface area contributed by atoms with Gasteiger partial charge in [0.2, 0.25) is 0 Å². The fraction of sp³-hybridized carbons (Fsp3) is 0.200. The molecule has 0 fully saturated rings. The van der Waals surface area contributed by atoms with Crippen molar-refractivity contribution in [3.05, 3.63) is 53.9 Å². The second kappa shape index (κ2) is 6.55. The molecule has 5 nitrogen and oxygen atoms in total. The molecule has 0 aliphatic rings. The third-order valence-electron chi connectivity index (χ3n) is 2.85. The summed E-state index contributed by atoms with van der Waals surface area (Å²) in [5.41, 5.74) is 1.53. The molecule has 0 aliphatic carbocycles. The maximum Gasteiger partial charge on any atom is 0.269 e. The van der Waals surface area contributed by atoms with Gasteiger partial charge in [-0.15, -0.1) is 0 Å². The molecule has 1 amide bonds. The van der Waals surface area contributed by atoms with Gasteiger partial charge in [-0.3, -0.25) is 4.79 Å². The largest absolute Gasteiger partial charge is 0.383 e. The van der Waals surface area contributed by atoms with Gasteiger partial charge in [-0.1, -0.05) is 18.2 Å². The second-order valence-corrected chi connectivity index (χ2v) is 4.14. The van der Waals surface area contributed by atoms with Crippen LogP contribution in [0.4, 0.5) is 0 Å². The van der Waals surface area contributed by atoms with Gasteiger partial charge in [0.15, 0.2) is 0 Å². The highest BCUT2D eigenvalue weighted by molar-refractivity contribution is 5.95. The normalized spacial score (nSPS) is 10.0. The first-order chi connectivity index (χ1) is 9.77. The van der Waals surface area contributed by atoms with Crippen LogP contribution in [-0.4, -0.2) is 30.7 Å². The summed E-state index contributed by atoms with van der Waals surface area (Å²) in [6, 6.07) is 13.1. The Bertz CT molecular complexity index is 626. The minimum Gasteiger partial charge on any atom is -0.383 e. The van der Waals surface area contributed by atoms with E-state index >= 15 is 0 Å². The number of benzene rings is 1. The van der Waals surface area contributed by atoms with E-state index < -0.39 is 0 Å². The first-order valence-electron chi connectivity index (χ1n) is 6.22. The average Bonchev–Trinajstić information content (AvgIpc) is 2.92. The van der Waals surface area contributed by atoms with Crippen molar-refractivity contribution in [2.45, 2.75) is 0 Å². The molecule has 0 aliphatic heterocycles. The van der Waals surface area contributed by atoms with Gasteiger partial charge in [-0.2, -0.15) is 5.26 Å². The van der Waals surface area contributed by atoms with E-state index in [4.69, 9.17) is 10.00 Å². The van der Waals surface area contributed by atoms with Gasteiger partial charge in [0.1, 0.15) is 11.8 Å². The number of rotatable bonds is 5. The predicted molar refractivity (Wildman–Crippen MR) is 74.7 cm³/mol. The van der Waals surface area contributed by atoms with Crippen LogP contribution in [0, 0.1) is 11.3 Å². The van der Waals surface area contributed by atoms with Crippen LogP contribution >= 0.6 is 0 Å². The highest BCUT2D eigenvalue weighted by Gasteiger charge is 2.17. The summed E-state index contributed by atoms with van der Waals surface area (Å²) in [5, 5.41) is 11.9. The van der Waals surface area contributed by atoms with Crippen LogP contribution in [0.25, 0.3) is 5.69 Å². The maximum absolute atomic E-state index is 12.2. The molecule has 0 spiro atoms. The molecule has 1 aromatic carbocycles. The van der Waals surface area contributed by atoms with Gasteiger partial charge in [0.05, 0.1) is 12.2 Å². The number of ether oxygens (including phenoxy) is 1. The average molecular weight is 269 g/mol. The molecule has 1 heterocycles. The number of amides is 1. The van der Waals surface area contributed by atoms with Crippen LogP contribution in [-0.2, 0) is 4.74 Å². The molecule has 1 N–H and O–H groups in total. The predicted octanol–water partition coefficient (Wildman–Crippen LogP) is 1.73. The molecule has 5 heteroatoms. The van der Waals surface area contributed by atoms with E-state index in [1.807, 2.05) is 36.4 Å². The summed E-state index contributed by atoms with van der Waals surface area (Å²) >= 11 is 0. The van der Waals surface area contributed by atoms with Crippen LogP contribution in [0.15, 0.2) is 42.6 Å². The lowest BCUT2D eigenvalue weighted by Crippen LogP contribution is -2.29. The van der Waals surface area contributed by atoms with Gasteiger partial charge < -0.3 is 14.6 Å². The molecule has 20 heavy (non-hydrogen) atoms. The maximum atomic E-state index is 12.2. The zero-order valence-electron chi connectivity index (χ0n) is 11.2. The number of nitrogens with zero attached hydrogens (tertiary/aromatic N) is 2. The summed E-state index contributed by atoms with van der Waals surface area (Å²) in [4.78, 5) is 12.2. The number of carbonyl (C=O) groups is 1. The first-order valence-corrected chi connectivity index (χ1v) is 6.22. The minimum absolute atomic E-state index is 0.285. The summed E-state index contributed by atoms with van der Waals surface area (Å²) in [6.45, 7) is 0.833. The van der Waals surface area contributed by atoms with E-state index in [2.05, 4.69) is 5.32 Å². The van der Waals surface area contributed by atoms with Crippen molar-refractivity contribution >= 4 is 5.91 Å². The molecule has 1 aromatic heterocycles. The molecular formula is C15H15N3O2. The van der Waals surface area contributed by atoms with Gasteiger partial charge in [0.25, 0.3) is 5.91 Å². The third-order valence-corrected chi connectivity index (χ3v) is 2.85. The monoisotopic (exact) mass is 269 g/mol. The Morgan fingerprint density at radius 1 is 1.35 bits per heavy atom. The summed E-state index contributed by atoms with van der Waals surface area (Å²) in [7, 11) is 1.57. The molecule has 0 saturated carbocycles. The number of aromatic nitrogens is 1. The van der Waals surface area contributed by atoms with Crippen molar-refractivity contribution in [3.8, 4) is 11.8 Å². The summed E-state index contributed by atoms with van der Waals surface area (Å²) in [6.07, 6.45) is 1.72. The number of carbonyl (C=O) groups excluding carboxylic acids is 1. The van der Waals surface area contributed by atoms with E-state index in [0.717, 1.165) is 5.69 Å². The smallest absolute Gasteiger partial charge is 0.269 e. The Morgan fingerprint density at radius 3 is 2.75 bits per heavy atom. The van der Waals surface area contributed by atoms with E-state index in [9.17, 15) is 4.79 Å². The van der Waals surface area contributed by atoms with Crippen LogP contribution in [0.5, 0.6) is 0 Å². The van der Waals surface area contributed by atoms with Gasteiger partial charge in [0, 0.05) is 25.5 Å². The van der Waals surface area contributed by atoms with E-state index in [1.54, 1.807) is 23.9 Å². The lowest BCUT2D eigenvalue weighted by atomic mass is 10.2. The van der Waals surface area contributed by atoms with Crippen LogP contribution in [0.1, 0.15) is 16.1 Å². The molecule has 2 rings (SSSR count). The van der Waals surface area contributed by atoms with Gasteiger partial charge in [-0.05, 0) is 18.2 Å².